The number of benzene rings is 1. The fourth-order valence-corrected chi connectivity index (χ4v) is 3.23. The molecule has 1 aliphatic rings. The Bertz CT molecular complexity index is 563. The van der Waals surface area contributed by atoms with Gasteiger partial charge in [-0.25, -0.2) is 0 Å². The number of hydrogen-bond acceptors (Lipinski definition) is 2. The van der Waals surface area contributed by atoms with E-state index in [1.807, 2.05) is 0 Å². The van der Waals surface area contributed by atoms with Crippen LogP contribution in [0.3, 0.4) is 0 Å². The standard InChI is InChI=1S/C16H19F6NO/c17-15(18,19)10-6-7-12(16(20,21)22)11(8-10)13(23)14(24)9-4-2-1-3-5-9/h6-9,13-14,24H,1-5,23H2/t13-,14+/m1/s1. The Morgan fingerprint density at radius 1 is 0.958 bits per heavy atom. The third-order valence-electron chi connectivity index (χ3n) is 4.54. The number of alkyl halides is 6. The summed E-state index contributed by atoms with van der Waals surface area (Å²) in [6, 6.07) is -0.357. The van der Waals surface area contributed by atoms with Crippen molar-refractivity contribution in [3.63, 3.8) is 0 Å². The molecule has 2 nitrogen and oxygen atoms in total. The van der Waals surface area contributed by atoms with Crippen molar-refractivity contribution in [1.29, 1.82) is 0 Å². The highest BCUT2D eigenvalue weighted by molar-refractivity contribution is 5.38. The maximum absolute atomic E-state index is 13.1. The fraction of sp³-hybridized carbons (Fsp3) is 0.625. The van der Waals surface area contributed by atoms with Crippen molar-refractivity contribution in [1.82, 2.24) is 0 Å². The first-order valence-corrected chi connectivity index (χ1v) is 7.74. The van der Waals surface area contributed by atoms with Crippen LogP contribution in [0.1, 0.15) is 54.8 Å². The summed E-state index contributed by atoms with van der Waals surface area (Å²) in [5, 5.41) is 10.3. The Balaban J connectivity index is 2.40. The van der Waals surface area contributed by atoms with E-state index in [0.717, 1.165) is 19.3 Å². The van der Waals surface area contributed by atoms with Crippen LogP contribution in [0.5, 0.6) is 0 Å². The maximum atomic E-state index is 13.1. The van der Waals surface area contributed by atoms with E-state index in [-0.39, 0.29) is 5.92 Å². The van der Waals surface area contributed by atoms with Crippen LogP contribution in [0.15, 0.2) is 18.2 Å². The summed E-state index contributed by atoms with van der Waals surface area (Å²) in [5.74, 6) is -0.302. The molecule has 0 bridgehead atoms. The van der Waals surface area contributed by atoms with Gasteiger partial charge in [0.15, 0.2) is 0 Å². The van der Waals surface area contributed by atoms with Gasteiger partial charge in [-0.1, -0.05) is 19.3 Å². The van der Waals surface area contributed by atoms with Crippen LogP contribution in [0.4, 0.5) is 26.3 Å². The molecule has 136 valence electrons. The quantitative estimate of drug-likeness (QED) is 0.775. The van der Waals surface area contributed by atoms with Crippen molar-refractivity contribution in [2.75, 3.05) is 0 Å². The molecule has 0 aliphatic heterocycles. The van der Waals surface area contributed by atoms with E-state index in [0.29, 0.717) is 31.0 Å². The van der Waals surface area contributed by atoms with Crippen molar-refractivity contribution in [3.8, 4) is 0 Å². The number of aliphatic hydroxyl groups is 1. The minimum atomic E-state index is -4.84. The second kappa shape index (κ2) is 6.92. The number of nitrogens with two attached hydrogens (primary N) is 1. The molecule has 0 heterocycles. The summed E-state index contributed by atoms with van der Waals surface area (Å²) in [7, 11) is 0. The van der Waals surface area contributed by atoms with Crippen molar-refractivity contribution in [3.05, 3.63) is 34.9 Å². The van der Waals surface area contributed by atoms with Crippen molar-refractivity contribution in [2.45, 2.75) is 56.6 Å². The molecule has 1 aromatic carbocycles. The largest absolute Gasteiger partial charge is 0.416 e. The molecule has 1 aromatic rings. The summed E-state index contributed by atoms with van der Waals surface area (Å²) < 4.78 is 77.9. The second-order valence-electron chi connectivity index (χ2n) is 6.21. The summed E-state index contributed by atoms with van der Waals surface area (Å²) in [5.41, 5.74) is 2.60. The summed E-state index contributed by atoms with van der Waals surface area (Å²) in [6.07, 6.45) is -7.11. The molecule has 0 saturated heterocycles. The van der Waals surface area contributed by atoms with E-state index in [9.17, 15) is 31.4 Å². The van der Waals surface area contributed by atoms with Gasteiger partial charge in [0, 0.05) is 0 Å². The minimum Gasteiger partial charge on any atom is -0.391 e. The summed E-state index contributed by atoms with van der Waals surface area (Å²) in [6.45, 7) is 0. The Morgan fingerprint density at radius 3 is 2.04 bits per heavy atom. The predicted molar refractivity (Wildman–Crippen MR) is 76.0 cm³/mol. The van der Waals surface area contributed by atoms with Gasteiger partial charge in [-0.2, -0.15) is 26.3 Å². The molecule has 24 heavy (non-hydrogen) atoms. The van der Waals surface area contributed by atoms with E-state index in [1.165, 1.54) is 0 Å². The topological polar surface area (TPSA) is 46.2 Å². The molecule has 1 saturated carbocycles. The van der Waals surface area contributed by atoms with Crippen LogP contribution in [0.25, 0.3) is 0 Å². The highest BCUT2D eigenvalue weighted by Crippen LogP contribution is 2.40. The predicted octanol–water partition coefficient (Wildman–Crippen LogP) is 4.67. The number of rotatable bonds is 3. The number of hydrogen-bond donors (Lipinski definition) is 2. The zero-order chi connectivity index (χ0) is 18.1. The van der Waals surface area contributed by atoms with Crippen LogP contribution in [-0.4, -0.2) is 11.2 Å². The lowest BCUT2D eigenvalue weighted by molar-refractivity contribution is -0.142. The van der Waals surface area contributed by atoms with Gasteiger partial charge in [0.05, 0.1) is 23.3 Å². The molecule has 0 radical (unpaired) electrons. The highest BCUT2D eigenvalue weighted by atomic mass is 19.4. The average molecular weight is 355 g/mol. The molecule has 8 heteroatoms. The molecular weight excluding hydrogens is 336 g/mol. The van der Waals surface area contributed by atoms with Gasteiger partial charge in [0.2, 0.25) is 0 Å². The summed E-state index contributed by atoms with van der Waals surface area (Å²) in [4.78, 5) is 0. The third-order valence-corrected chi connectivity index (χ3v) is 4.54. The van der Waals surface area contributed by atoms with E-state index in [2.05, 4.69) is 0 Å². The lowest BCUT2D eigenvalue weighted by Crippen LogP contribution is -2.35. The van der Waals surface area contributed by atoms with Gasteiger partial charge in [-0.15, -0.1) is 0 Å². The van der Waals surface area contributed by atoms with Crippen LogP contribution < -0.4 is 5.73 Å². The molecular formula is C16H19F6NO. The SMILES string of the molecule is N[C@H](c1cc(C(F)(F)F)ccc1C(F)(F)F)[C@@H](O)C1CCCCC1. The van der Waals surface area contributed by atoms with Gasteiger partial charge in [0.1, 0.15) is 0 Å². The Morgan fingerprint density at radius 2 is 1.54 bits per heavy atom. The second-order valence-corrected chi connectivity index (χ2v) is 6.21. The monoisotopic (exact) mass is 355 g/mol. The highest BCUT2D eigenvalue weighted by Gasteiger charge is 2.40. The minimum absolute atomic E-state index is 0.302. The van der Waals surface area contributed by atoms with E-state index >= 15 is 0 Å². The fourth-order valence-electron chi connectivity index (χ4n) is 3.23. The van der Waals surface area contributed by atoms with Crippen molar-refractivity contribution in [2.24, 2.45) is 11.7 Å². The molecule has 1 fully saturated rings. The van der Waals surface area contributed by atoms with Crippen LogP contribution >= 0.6 is 0 Å². The molecule has 0 unspecified atom stereocenters. The first kappa shape index (κ1) is 19.1. The van der Waals surface area contributed by atoms with Crippen molar-refractivity contribution < 1.29 is 31.4 Å². The first-order valence-electron chi connectivity index (χ1n) is 7.74. The molecule has 2 atom stereocenters. The smallest absolute Gasteiger partial charge is 0.391 e. The third kappa shape index (κ3) is 4.22. The molecule has 0 spiro atoms. The molecule has 1 aliphatic carbocycles. The molecule has 2 rings (SSSR count). The van der Waals surface area contributed by atoms with Crippen LogP contribution in [0, 0.1) is 5.92 Å². The van der Waals surface area contributed by atoms with Gasteiger partial charge < -0.3 is 10.8 Å². The Labute approximate surface area is 135 Å². The average Bonchev–Trinajstić information content (AvgIpc) is 2.52. The maximum Gasteiger partial charge on any atom is 0.416 e. The van der Waals surface area contributed by atoms with E-state index in [4.69, 9.17) is 5.73 Å². The zero-order valence-corrected chi connectivity index (χ0v) is 12.8. The number of halogens is 6. The van der Waals surface area contributed by atoms with Gasteiger partial charge in [-0.3, -0.25) is 0 Å². The lowest BCUT2D eigenvalue weighted by Gasteiger charge is -2.32. The molecule has 0 amide bonds. The lowest BCUT2D eigenvalue weighted by atomic mass is 9.80. The van der Waals surface area contributed by atoms with E-state index < -0.39 is 41.2 Å². The van der Waals surface area contributed by atoms with E-state index in [1.54, 1.807) is 0 Å². The Kier molecular flexibility index (Phi) is 5.49. The van der Waals surface area contributed by atoms with Crippen LogP contribution in [0.2, 0.25) is 0 Å². The zero-order valence-electron chi connectivity index (χ0n) is 12.8. The van der Waals surface area contributed by atoms with Gasteiger partial charge >= 0.3 is 12.4 Å². The summed E-state index contributed by atoms with van der Waals surface area (Å²) >= 11 is 0. The van der Waals surface area contributed by atoms with Gasteiger partial charge in [-0.05, 0) is 42.5 Å². The Hall–Kier alpha value is -1.28. The van der Waals surface area contributed by atoms with Crippen LogP contribution in [-0.2, 0) is 12.4 Å². The first-order chi connectivity index (χ1) is 11.0. The van der Waals surface area contributed by atoms with Gasteiger partial charge in [0.25, 0.3) is 0 Å². The molecule has 0 aromatic heterocycles. The van der Waals surface area contributed by atoms with Crippen molar-refractivity contribution >= 4 is 0 Å². The normalized spacial score (nSPS) is 20.0. The molecule has 3 N–H and O–H groups in total. The number of aliphatic hydroxyl groups excluding tert-OH is 1.